The summed E-state index contributed by atoms with van der Waals surface area (Å²) >= 11 is 0. The minimum Gasteiger partial charge on any atom is -0.380 e. The van der Waals surface area contributed by atoms with Crippen molar-refractivity contribution in [3.8, 4) is 0 Å². The lowest BCUT2D eigenvalue weighted by atomic mass is 9.98. The van der Waals surface area contributed by atoms with Crippen molar-refractivity contribution in [1.82, 2.24) is 4.90 Å². The van der Waals surface area contributed by atoms with Gasteiger partial charge in [0.2, 0.25) is 0 Å². The number of Topliss-reactive ketones (excluding diaryl/α,β-unsaturated/α-hetero) is 1. The highest BCUT2D eigenvalue weighted by atomic mass is 16.5. The molecular weight excluding hydrogens is 218 g/mol. The standard InChI is InChI=1S/C13H23NO3/c1-3-12-9-17-10(2)6-14(12)7-11-8-16-5-4-13(11)15/h10-12H,3-9H2,1-2H3. The van der Waals surface area contributed by atoms with Gasteiger partial charge in [-0.05, 0) is 13.3 Å². The van der Waals surface area contributed by atoms with Crippen molar-refractivity contribution in [3.63, 3.8) is 0 Å². The molecule has 2 rings (SSSR count). The minimum atomic E-state index is 0.0723. The van der Waals surface area contributed by atoms with E-state index in [1.807, 2.05) is 0 Å². The monoisotopic (exact) mass is 241 g/mol. The van der Waals surface area contributed by atoms with Gasteiger partial charge < -0.3 is 9.47 Å². The lowest BCUT2D eigenvalue weighted by Crippen LogP contribution is -2.51. The molecule has 0 bridgehead atoms. The van der Waals surface area contributed by atoms with E-state index in [1.165, 1.54) is 0 Å². The molecule has 17 heavy (non-hydrogen) atoms. The summed E-state index contributed by atoms with van der Waals surface area (Å²) in [4.78, 5) is 14.2. The van der Waals surface area contributed by atoms with Crippen molar-refractivity contribution >= 4 is 5.78 Å². The van der Waals surface area contributed by atoms with E-state index in [2.05, 4.69) is 18.7 Å². The van der Waals surface area contributed by atoms with Crippen LogP contribution < -0.4 is 0 Å². The highest BCUT2D eigenvalue weighted by Crippen LogP contribution is 2.19. The third kappa shape index (κ3) is 3.27. The SMILES string of the molecule is CCC1COC(C)CN1CC1COCCC1=O. The van der Waals surface area contributed by atoms with Gasteiger partial charge in [-0.25, -0.2) is 0 Å². The Morgan fingerprint density at radius 1 is 1.41 bits per heavy atom. The third-order valence-electron chi connectivity index (χ3n) is 3.77. The van der Waals surface area contributed by atoms with E-state index < -0.39 is 0 Å². The van der Waals surface area contributed by atoms with Gasteiger partial charge in [0.25, 0.3) is 0 Å². The van der Waals surface area contributed by atoms with Gasteiger partial charge in [0.15, 0.2) is 0 Å². The largest absolute Gasteiger partial charge is 0.380 e. The summed E-state index contributed by atoms with van der Waals surface area (Å²) in [6.45, 7) is 8.04. The number of hydrogen-bond acceptors (Lipinski definition) is 4. The van der Waals surface area contributed by atoms with Crippen molar-refractivity contribution in [2.45, 2.75) is 38.8 Å². The number of nitrogens with zero attached hydrogens (tertiary/aromatic N) is 1. The summed E-state index contributed by atoms with van der Waals surface area (Å²) in [7, 11) is 0. The van der Waals surface area contributed by atoms with Gasteiger partial charge in [-0.2, -0.15) is 0 Å². The van der Waals surface area contributed by atoms with Crippen LogP contribution in [0.15, 0.2) is 0 Å². The summed E-state index contributed by atoms with van der Waals surface area (Å²) in [5.41, 5.74) is 0. The summed E-state index contributed by atoms with van der Waals surface area (Å²) < 4.78 is 11.1. The van der Waals surface area contributed by atoms with Crippen LogP contribution in [0.5, 0.6) is 0 Å². The average Bonchev–Trinajstić information content (AvgIpc) is 2.32. The lowest BCUT2D eigenvalue weighted by Gasteiger charge is -2.40. The molecule has 0 aliphatic carbocycles. The topological polar surface area (TPSA) is 38.8 Å². The summed E-state index contributed by atoms with van der Waals surface area (Å²) in [5, 5.41) is 0. The molecule has 0 aromatic heterocycles. The molecule has 2 aliphatic heterocycles. The molecule has 2 saturated heterocycles. The second-order valence-corrected chi connectivity index (χ2v) is 5.15. The van der Waals surface area contributed by atoms with E-state index in [9.17, 15) is 4.79 Å². The second kappa shape index (κ2) is 5.94. The van der Waals surface area contributed by atoms with Crippen LogP contribution in [0.1, 0.15) is 26.7 Å². The van der Waals surface area contributed by atoms with Crippen molar-refractivity contribution in [1.29, 1.82) is 0 Å². The van der Waals surface area contributed by atoms with Gasteiger partial charge >= 0.3 is 0 Å². The molecule has 0 amide bonds. The Morgan fingerprint density at radius 3 is 2.94 bits per heavy atom. The number of hydrogen-bond donors (Lipinski definition) is 0. The van der Waals surface area contributed by atoms with Crippen LogP contribution in [-0.2, 0) is 14.3 Å². The van der Waals surface area contributed by atoms with Gasteiger partial charge in [-0.15, -0.1) is 0 Å². The molecule has 3 atom stereocenters. The smallest absolute Gasteiger partial charge is 0.141 e. The predicted molar refractivity (Wildman–Crippen MR) is 65.0 cm³/mol. The van der Waals surface area contributed by atoms with E-state index in [0.717, 1.165) is 26.1 Å². The number of morpholine rings is 1. The number of rotatable bonds is 3. The quantitative estimate of drug-likeness (QED) is 0.741. The van der Waals surface area contributed by atoms with Crippen LogP contribution in [0.2, 0.25) is 0 Å². The van der Waals surface area contributed by atoms with E-state index in [4.69, 9.17) is 9.47 Å². The van der Waals surface area contributed by atoms with Crippen molar-refractivity contribution in [2.75, 3.05) is 32.9 Å². The Morgan fingerprint density at radius 2 is 2.24 bits per heavy atom. The van der Waals surface area contributed by atoms with Crippen molar-refractivity contribution in [3.05, 3.63) is 0 Å². The molecular formula is C13H23NO3. The first kappa shape index (κ1) is 13.0. The fraction of sp³-hybridized carbons (Fsp3) is 0.923. The van der Waals surface area contributed by atoms with Gasteiger partial charge in [-0.1, -0.05) is 6.92 Å². The normalized spacial score (nSPS) is 36.1. The predicted octanol–water partition coefficient (Wildman–Crippen LogP) is 1.09. The Balaban J connectivity index is 1.92. The Labute approximate surface area is 103 Å². The summed E-state index contributed by atoms with van der Waals surface area (Å²) in [6.07, 6.45) is 1.94. The zero-order chi connectivity index (χ0) is 12.3. The Hall–Kier alpha value is -0.450. The summed E-state index contributed by atoms with van der Waals surface area (Å²) in [5.74, 6) is 0.438. The summed E-state index contributed by atoms with van der Waals surface area (Å²) in [6, 6.07) is 0.459. The Kier molecular flexibility index (Phi) is 4.54. The first-order valence-corrected chi connectivity index (χ1v) is 6.66. The molecule has 2 fully saturated rings. The van der Waals surface area contributed by atoms with Gasteiger partial charge in [0, 0.05) is 25.6 Å². The zero-order valence-electron chi connectivity index (χ0n) is 10.9. The number of ether oxygens (including phenoxy) is 2. The molecule has 2 heterocycles. The first-order valence-electron chi connectivity index (χ1n) is 6.66. The van der Waals surface area contributed by atoms with Gasteiger partial charge in [0.05, 0.1) is 31.8 Å². The van der Waals surface area contributed by atoms with Gasteiger partial charge in [0.1, 0.15) is 5.78 Å². The van der Waals surface area contributed by atoms with Crippen molar-refractivity contribution < 1.29 is 14.3 Å². The molecule has 0 saturated carbocycles. The Bertz CT molecular complexity index is 269. The molecule has 98 valence electrons. The molecule has 4 nitrogen and oxygen atoms in total. The molecule has 0 radical (unpaired) electrons. The van der Waals surface area contributed by atoms with E-state index in [1.54, 1.807) is 0 Å². The fourth-order valence-electron chi connectivity index (χ4n) is 2.65. The van der Waals surface area contributed by atoms with Crippen LogP contribution >= 0.6 is 0 Å². The lowest BCUT2D eigenvalue weighted by molar-refractivity contribution is -0.133. The number of carbonyl (C=O) groups excluding carboxylic acids is 1. The molecule has 0 spiro atoms. The zero-order valence-corrected chi connectivity index (χ0v) is 10.9. The van der Waals surface area contributed by atoms with Gasteiger partial charge in [-0.3, -0.25) is 9.69 Å². The van der Waals surface area contributed by atoms with Crippen LogP contribution in [-0.4, -0.2) is 55.7 Å². The highest BCUT2D eigenvalue weighted by Gasteiger charge is 2.31. The fourth-order valence-corrected chi connectivity index (χ4v) is 2.65. The first-order chi connectivity index (χ1) is 8.20. The molecule has 0 aromatic rings. The maximum atomic E-state index is 11.8. The average molecular weight is 241 g/mol. The van der Waals surface area contributed by atoms with Crippen LogP contribution in [0.3, 0.4) is 0 Å². The second-order valence-electron chi connectivity index (χ2n) is 5.15. The van der Waals surface area contributed by atoms with Crippen molar-refractivity contribution in [2.24, 2.45) is 5.92 Å². The van der Waals surface area contributed by atoms with Crippen LogP contribution in [0.25, 0.3) is 0 Å². The van der Waals surface area contributed by atoms with E-state index in [0.29, 0.717) is 31.5 Å². The van der Waals surface area contributed by atoms with E-state index >= 15 is 0 Å². The highest BCUT2D eigenvalue weighted by molar-refractivity contribution is 5.82. The van der Waals surface area contributed by atoms with E-state index in [-0.39, 0.29) is 12.0 Å². The molecule has 0 aromatic carbocycles. The third-order valence-corrected chi connectivity index (χ3v) is 3.77. The van der Waals surface area contributed by atoms with Crippen LogP contribution in [0.4, 0.5) is 0 Å². The molecule has 4 heteroatoms. The molecule has 2 aliphatic rings. The maximum absolute atomic E-state index is 11.8. The minimum absolute atomic E-state index is 0.0723. The molecule has 3 unspecified atom stereocenters. The number of carbonyl (C=O) groups is 1. The maximum Gasteiger partial charge on any atom is 0.141 e. The molecule has 0 N–H and O–H groups in total. The van der Waals surface area contributed by atoms with Crippen LogP contribution in [0, 0.1) is 5.92 Å². The number of ketones is 1.